The fraction of sp³-hybridized carbons (Fsp3) is 0.286. The Morgan fingerprint density at radius 2 is 2.10 bits per heavy atom. The first kappa shape index (κ1) is 14.7. The quantitative estimate of drug-likeness (QED) is 0.671. The molecule has 0 radical (unpaired) electrons. The second-order valence-electron chi connectivity index (χ2n) is 4.44. The van der Waals surface area contributed by atoms with Gasteiger partial charge in [0.15, 0.2) is 0 Å². The van der Waals surface area contributed by atoms with E-state index in [0.717, 1.165) is 12.0 Å². The highest BCUT2D eigenvalue weighted by atomic mass is 16.6. The van der Waals surface area contributed by atoms with Crippen molar-refractivity contribution in [1.82, 2.24) is 9.97 Å². The summed E-state index contributed by atoms with van der Waals surface area (Å²) in [6.45, 7) is 3.73. The van der Waals surface area contributed by atoms with Crippen molar-refractivity contribution in [2.24, 2.45) is 0 Å². The Morgan fingerprint density at radius 1 is 1.33 bits per heavy atom. The average molecular weight is 288 g/mol. The highest BCUT2D eigenvalue weighted by Crippen LogP contribution is 2.32. The molecule has 0 unspecified atom stereocenters. The van der Waals surface area contributed by atoms with Crippen molar-refractivity contribution in [2.75, 3.05) is 12.4 Å². The van der Waals surface area contributed by atoms with Crippen molar-refractivity contribution in [1.29, 1.82) is 0 Å². The molecule has 0 saturated heterocycles. The van der Waals surface area contributed by atoms with Crippen LogP contribution in [0.5, 0.6) is 11.6 Å². The standard InChI is InChI=1S/C14H16N4O3/c1-4-10-5-6-12(11(8-10)18(19)20)21-13-7-9(2)16-14(15-3)17-13/h5-8H,4H2,1-3H3,(H,15,16,17). The first-order chi connectivity index (χ1) is 10.0. The highest BCUT2D eigenvalue weighted by Gasteiger charge is 2.17. The van der Waals surface area contributed by atoms with Gasteiger partial charge in [-0.05, 0) is 25.0 Å². The molecule has 0 aliphatic carbocycles. The zero-order valence-corrected chi connectivity index (χ0v) is 12.1. The third kappa shape index (κ3) is 3.44. The SMILES string of the molecule is CCc1ccc(Oc2cc(C)nc(NC)n2)c([N+](=O)[O-])c1. The summed E-state index contributed by atoms with van der Waals surface area (Å²) in [7, 11) is 1.69. The number of nitro benzene ring substituents is 1. The van der Waals surface area contributed by atoms with E-state index in [-0.39, 0.29) is 17.3 Å². The van der Waals surface area contributed by atoms with Crippen LogP contribution in [-0.4, -0.2) is 21.9 Å². The minimum atomic E-state index is -0.457. The minimum Gasteiger partial charge on any atom is -0.432 e. The van der Waals surface area contributed by atoms with E-state index in [0.29, 0.717) is 11.6 Å². The first-order valence-electron chi connectivity index (χ1n) is 6.52. The van der Waals surface area contributed by atoms with Crippen molar-refractivity contribution in [3.8, 4) is 11.6 Å². The molecule has 2 aromatic rings. The summed E-state index contributed by atoms with van der Waals surface area (Å²) in [5, 5.41) is 14.0. The van der Waals surface area contributed by atoms with Crippen molar-refractivity contribution >= 4 is 11.6 Å². The summed E-state index contributed by atoms with van der Waals surface area (Å²) in [4.78, 5) is 19.0. The van der Waals surface area contributed by atoms with E-state index in [1.54, 1.807) is 32.2 Å². The molecule has 0 spiro atoms. The summed E-state index contributed by atoms with van der Waals surface area (Å²) in [5.74, 6) is 0.828. The topological polar surface area (TPSA) is 90.2 Å². The molecule has 0 aliphatic rings. The van der Waals surface area contributed by atoms with Crippen molar-refractivity contribution in [3.63, 3.8) is 0 Å². The Kier molecular flexibility index (Phi) is 4.32. The molecule has 0 aliphatic heterocycles. The van der Waals surface area contributed by atoms with Crippen molar-refractivity contribution < 1.29 is 9.66 Å². The summed E-state index contributed by atoms with van der Waals surface area (Å²) >= 11 is 0. The third-order valence-electron chi connectivity index (χ3n) is 2.90. The van der Waals surface area contributed by atoms with Gasteiger partial charge in [0.2, 0.25) is 17.6 Å². The van der Waals surface area contributed by atoms with Crippen LogP contribution in [0.4, 0.5) is 11.6 Å². The number of aryl methyl sites for hydroxylation is 2. The van der Waals surface area contributed by atoms with Crippen molar-refractivity contribution in [3.05, 3.63) is 45.6 Å². The van der Waals surface area contributed by atoms with Gasteiger partial charge in [-0.25, -0.2) is 4.98 Å². The Morgan fingerprint density at radius 3 is 2.71 bits per heavy atom. The molecular formula is C14H16N4O3. The summed E-state index contributed by atoms with van der Waals surface area (Å²) in [6, 6.07) is 6.53. The van der Waals surface area contributed by atoms with Crippen LogP contribution < -0.4 is 10.1 Å². The zero-order chi connectivity index (χ0) is 15.4. The molecule has 0 saturated carbocycles. The van der Waals surface area contributed by atoms with Crippen LogP contribution in [0.2, 0.25) is 0 Å². The number of nitrogens with zero attached hydrogens (tertiary/aromatic N) is 3. The van der Waals surface area contributed by atoms with Crippen LogP contribution in [0.1, 0.15) is 18.2 Å². The monoisotopic (exact) mass is 288 g/mol. The Hall–Kier alpha value is -2.70. The predicted molar refractivity (Wildman–Crippen MR) is 78.9 cm³/mol. The van der Waals surface area contributed by atoms with Gasteiger partial charge in [-0.15, -0.1) is 0 Å². The van der Waals surface area contributed by atoms with Gasteiger partial charge in [0.05, 0.1) is 4.92 Å². The maximum atomic E-state index is 11.2. The number of ether oxygens (including phenoxy) is 1. The lowest BCUT2D eigenvalue weighted by atomic mass is 10.1. The van der Waals surface area contributed by atoms with E-state index in [1.807, 2.05) is 6.92 Å². The fourth-order valence-corrected chi connectivity index (χ4v) is 1.83. The van der Waals surface area contributed by atoms with E-state index < -0.39 is 4.92 Å². The molecule has 110 valence electrons. The van der Waals surface area contributed by atoms with Crippen LogP contribution in [0.25, 0.3) is 0 Å². The van der Waals surface area contributed by atoms with E-state index >= 15 is 0 Å². The Labute approximate surface area is 122 Å². The van der Waals surface area contributed by atoms with Crippen molar-refractivity contribution in [2.45, 2.75) is 20.3 Å². The molecule has 0 fully saturated rings. The lowest BCUT2D eigenvalue weighted by molar-refractivity contribution is -0.385. The zero-order valence-electron chi connectivity index (χ0n) is 12.1. The van der Waals surface area contributed by atoms with Crippen LogP contribution in [-0.2, 0) is 6.42 Å². The van der Waals surface area contributed by atoms with Gasteiger partial charge in [0.1, 0.15) is 0 Å². The summed E-state index contributed by atoms with van der Waals surface area (Å²) < 4.78 is 5.56. The molecule has 2 rings (SSSR count). The van der Waals surface area contributed by atoms with Gasteiger partial charge in [0.25, 0.3) is 0 Å². The Bertz CT molecular complexity index is 673. The number of rotatable bonds is 5. The smallest absolute Gasteiger partial charge is 0.311 e. The second-order valence-corrected chi connectivity index (χ2v) is 4.44. The number of hydrogen-bond donors (Lipinski definition) is 1. The second kappa shape index (κ2) is 6.17. The van der Waals surface area contributed by atoms with Gasteiger partial charge >= 0.3 is 5.69 Å². The minimum absolute atomic E-state index is 0.0726. The van der Waals surface area contributed by atoms with Gasteiger partial charge in [-0.3, -0.25) is 10.1 Å². The van der Waals surface area contributed by atoms with E-state index in [2.05, 4.69) is 15.3 Å². The maximum Gasteiger partial charge on any atom is 0.311 e. The van der Waals surface area contributed by atoms with E-state index in [1.165, 1.54) is 6.07 Å². The molecule has 7 heteroatoms. The van der Waals surface area contributed by atoms with Gasteiger partial charge < -0.3 is 10.1 Å². The molecular weight excluding hydrogens is 272 g/mol. The first-order valence-corrected chi connectivity index (χ1v) is 6.52. The normalized spacial score (nSPS) is 10.2. The predicted octanol–water partition coefficient (Wildman–Crippen LogP) is 3.09. The Balaban J connectivity index is 2.39. The molecule has 0 bridgehead atoms. The van der Waals surface area contributed by atoms with Crippen LogP contribution in [0, 0.1) is 17.0 Å². The fourth-order valence-electron chi connectivity index (χ4n) is 1.83. The third-order valence-corrected chi connectivity index (χ3v) is 2.90. The number of benzene rings is 1. The lowest BCUT2D eigenvalue weighted by Crippen LogP contribution is -2.01. The number of aromatic nitrogens is 2. The molecule has 1 heterocycles. The van der Waals surface area contributed by atoms with Crippen LogP contribution in [0.15, 0.2) is 24.3 Å². The molecule has 7 nitrogen and oxygen atoms in total. The molecule has 21 heavy (non-hydrogen) atoms. The molecule has 0 atom stereocenters. The number of nitro groups is 1. The molecule has 1 aromatic heterocycles. The van der Waals surface area contributed by atoms with E-state index in [9.17, 15) is 10.1 Å². The number of anilines is 1. The van der Waals surface area contributed by atoms with Gasteiger partial charge in [-0.2, -0.15) is 4.98 Å². The summed E-state index contributed by atoms with van der Waals surface area (Å²) in [5.41, 5.74) is 1.51. The lowest BCUT2D eigenvalue weighted by Gasteiger charge is -2.08. The van der Waals surface area contributed by atoms with Crippen LogP contribution in [0.3, 0.4) is 0 Å². The molecule has 1 N–H and O–H groups in total. The van der Waals surface area contributed by atoms with Gasteiger partial charge in [0, 0.05) is 24.9 Å². The molecule has 0 amide bonds. The maximum absolute atomic E-state index is 11.2. The highest BCUT2D eigenvalue weighted by molar-refractivity contribution is 5.50. The molecule has 1 aromatic carbocycles. The largest absolute Gasteiger partial charge is 0.432 e. The number of nitrogens with one attached hydrogen (secondary N) is 1. The summed E-state index contributed by atoms with van der Waals surface area (Å²) in [6.07, 6.45) is 0.720. The van der Waals surface area contributed by atoms with E-state index in [4.69, 9.17) is 4.74 Å². The van der Waals surface area contributed by atoms with Gasteiger partial charge in [-0.1, -0.05) is 13.0 Å². The number of hydrogen-bond acceptors (Lipinski definition) is 6. The van der Waals surface area contributed by atoms with Crippen LogP contribution >= 0.6 is 0 Å². The average Bonchev–Trinajstić information content (AvgIpc) is 2.46.